The average Bonchev–Trinajstić information content (AvgIpc) is 3.32. The smallest absolute Gasteiger partial charge is 0.455 e. The van der Waals surface area contributed by atoms with Gasteiger partial charge in [0.2, 0.25) is 0 Å². The second-order valence-electron chi connectivity index (χ2n) is 7.65. The van der Waals surface area contributed by atoms with E-state index < -0.39 is 60.3 Å². The van der Waals surface area contributed by atoms with Crippen LogP contribution in [0.5, 0.6) is 0 Å². The molecule has 1 aromatic rings. The normalized spacial score (nSPS) is 29.6. The molecule has 2 aliphatic carbocycles. The number of ether oxygens (including phenoxy) is 2. The number of alkyl halides is 2. The highest BCUT2D eigenvalue weighted by Gasteiger charge is 2.65. The zero-order chi connectivity index (χ0) is 22.8. The summed E-state index contributed by atoms with van der Waals surface area (Å²) in [7, 11) is -11.0. The van der Waals surface area contributed by atoms with Gasteiger partial charge in [-0.3, -0.25) is 4.79 Å². The number of carbonyl (C=O) groups is 2. The molecule has 31 heavy (non-hydrogen) atoms. The van der Waals surface area contributed by atoms with Crippen LogP contribution in [0.3, 0.4) is 0 Å². The number of nitrogens with one attached hydrogen (secondary N) is 1. The predicted molar refractivity (Wildman–Crippen MR) is 100 cm³/mol. The zero-order valence-corrected chi connectivity index (χ0v) is 17.4. The first-order chi connectivity index (χ1) is 14.4. The van der Waals surface area contributed by atoms with Crippen LogP contribution in [0.2, 0.25) is 0 Å². The molecule has 4 rings (SSSR count). The summed E-state index contributed by atoms with van der Waals surface area (Å²) < 4.78 is 88.3. The highest BCUT2D eigenvalue weighted by atomic mass is 32.3. The zero-order valence-electron chi connectivity index (χ0n) is 15.7. The van der Waals surface area contributed by atoms with E-state index in [-0.39, 0.29) is 11.8 Å². The summed E-state index contributed by atoms with van der Waals surface area (Å²) in [6, 6.07) is 4.55. The standard InChI is InChI=1S/C18H17F2NO8S2/c1-2-9-3-5-11(6-4-9)30(24,25)21-31(26,27)18(19,20)17(23)29-14-10-7-12-13(8-10)16(22)28-15(12)14/h2-6,10,12-15,21H,1,7-8H2. The number of esters is 2. The van der Waals surface area contributed by atoms with Gasteiger partial charge in [-0.2, -0.15) is 8.78 Å². The van der Waals surface area contributed by atoms with Gasteiger partial charge in [-0.1, -0.05) is 28.9 Å². The molecular formula is C18H17F2NO8S2. The molecule has 5 unspecified atom stereocenters. The SMILES string of the molecule is C=Cc1ccc(S(=O)(=O)NS(=O)(=O)C(F)(F)C(=O)OC2C3CC4C(=O)OC2C4C3)cc1. The summed E-state index contributed by atoms with van der Waals surface area (Å²) >= 11 is 0. The summed E-state index contributed by atoms with van der Waals surface area (Å²) in [6.07, 6.45) is 0.0153. The van der Waals surface area contributed by atoms with Crippen molar-refractivity contribution >= 4 is 38.1 Å². The molecule has 0 radical (unpaired) electrons. The van der Waals surface area contributed by atoms with Crippen molar-refractivity contribution in [2.45, 2.75) is 35.2 Å². The molecule has 9 nitrogen and oxygen atoms in total. The molecule has 168 valence electrons. The lowest BCUT2D eigenvalue weighted by Crippen LogP contribution is -2.50. The van der Waals surface area contributed by atoms with Gasteiger partial charge >= 0.3 is 27.2 Å². The van der Waals surface area contributed by atoms with E-state index >= 15 is 0 Å². The van der Waals surface area contributed by atoms with Gasteiger partial charge < -0.3 is 9.47 Å². The van der Waals surface area contributed by atoms with E-state index in [2.05, 4.69) is 6.58 Å². The number of hydrogen-bond acceptors (Lipinski definition) is 8. The van der Waals surface area contributed by atoms with Gasteiger partial charge in [0.15, 0.2) is 0 Å². The van der Waals surface area contributed by atoms with Crippen LogP contribution in [0, 0.1) is 17.8 Å². The molecule has 5 atom stereocenters. The molecule has 1 heterocycles. The molecule has 3 aliphatic rings. The van der Waals surface area contributed by atoms with Crippen LogP contribution in [-0.4, -0.2) is 46.2 Å². The lowest BCUT2D eigenvalue weighted by Gasteiger charge is -2.26. The maximum atomic E-state index is 14.5. The van der Waals surface area contributed by atoms with Crippen molar-refractivity contribution in [2.75, 3.05) is 0 Å². The number of hydrogen-bond donors (Lipinski definition) is 1. The van der Waals surface area contributed by atoms with Crippen LogP contribution in [0.1, 0.15) is 18.4 Å². The van der Waals surface area contributed by atoms with Crippen molar-refractivity contribution in [2.24, 2.45) is 17.8 Å². The van der Waals surface area contributed by atoms with Crippen molar-refractivity contribution in [3.05, 3.63) is 36.4 Å². The van der Waals surface area contributed by atoms with Crippen molar-refractivity contribution in [1.29, 1.82) is 0 Å². The molecule has 3 fully saturated rings. The van der Waals surface area contributed by atoms with Gasteiger partial charge in [0.1, 0.15) is 12.2 Å². The number of benzene rings is 1. The first-order valence-corrected chi connectivity index (χ1v) is 12.1. The third-order valence-corrected chi connectivity index (χ3v) is 9.37. The largest absolute Gasteiger partial charge is 0.458 e. The van der Waals surface area contributed by atoms with Crippen molar-refractivity contribution < 1.29 is 44.7 Å². The van der Waals surface area contributed by atoms with E-state index in [4.69, 9.17) is 9.47 Å². The Morgan fingerprint density at radius 2 is 1.84 bits per heavy atom. The minimum Gasteiger partial charge on any atom is -0.458 e. The number of halogens is 2. The van der Waals surface area contributed by atoms with Crippen LogP contribution in [0.25, 0.3) is 6.08 Å². The lowest BCUT2D eigenvalue weighted by molar-refractivity contribution is -0.176. The Balaban J connectivity index is 1.51. The highest BCUT2D eigenvalue weighted by Crippen LogP contribution is 2.55. The summed E-state index contributed by atoms with van der Waals surface area (Å²) in [5, 5.41) is -5.20. The molecule has 0 aromatic heterocycles. The van der Waals surface area contributed by atoms with Crippen LogP contribution in [-0.2, 0) is 39.1 Å². The molecule has 1 aromatic carbocycles. The molecule has 1 N–H and O–H groups in total. The molecule has 2 saturated carbocycles. The van der Waals surface area contributed by atoms with E-state index in [0.717, 1.165) is 16.3 Å². The van der Waals surface area contributed by atoms with Crippen LogP contribution in [0.15, 0.2) is 35.7 Å². The van der Waals surface area contributed by atoms with Crippen LogP contribution < -0.4 is 4.13 Å². The van der Waals surface area contributed by atoms with Crippen molar-refractivity contribution in [1.82, 2.24) is 4.13 Å². The average molecular weight is 477 g/mol. The Morgan fingerprint density at radius 3 is 2.45 bits per heavy atom. The fourth-order valence-corrected chi connectivity index (χ4v) is 7.12. The molecule has 1 aliphatic heterocycles. The molecule has 1 saturated heterocycles. The Bertz CT molecular complexity index is 1160. The van der Waals surface area contributed by atoms with Crippen LogP contribution >= 0.6 is 0 Å². The lowest BCUT2D eigenvalue weighted by atomic mass is 9.88. The minimum atomic E-state index is -6.03. The Kier molecular flexibility index (Phi) is 4.98. The van der Waals surface area contributed by atoms with E-state index in [0.29, 0.717) is 18.4 Å². The second-order valence-corrected chi connectivity index (χ2v) is 11.3. The van der Waals surface area contributed by atoms with E-state index in [1.807, 2.05) is 0 Å². The number of sulfonamides is 2. The van der Waals surface area contributed by atoms with E-state index in [9.17, 15) is 35.2 Å². The quantitative estimate of drug-likeness (QED) is 0.576. The van der Waals surface area contributed by atoms with Gasteiger partial charge in [-0.15, -0.1) is 0 Å². The molecule has 0 amide bonds. The summed E-state index contributed by atoms with van der Waals surface area (Å²) in [4.78, 5) is 23.2. The second kappa shape index (κ2) is 7.07. The van der Waals surface area contributed by atoms with E-state index in [1.165, 1.54) is 18.2 Å². The maximum absolute atomic E-state index is 14.5. The Labute approximate surface area is 176 Å². The van der Waals surface area contributed by atoms with Crippen LogP contribution in [0.4, 0.5) is 8.78 Å². The Hall–Kier alpha value is -2.38. The van der Waals surface area contributed by atoms with Gasteiger partial charge in [0, 0.05) is 11.8 Å². The first-order valence-electron chi connectivity index (χ1n) is 9.17. The monoisotopic (exact) mass is 477 g/mol. The Morgan fingerprint density at radius 1 is 1.19 bits per heavy atom. The third-order valence-electron chi connectivity index (χ3n) is 5.88. The first kappa shape index (κ1) is 21.8. The van der Waals surface area contributed by atoms with Gasteiger partial charge in [-0.25, -0.2) is 21.6 Å². The number of carbonyl (C=O) groups excluding carboxylic acids is 2. The van der Waals surface area contributed by atoms with E-state index in [1.54, 1.807) is 0 Å². The summed E-state index contributed by atoms with van der Waals surface area (Å²) in [6.45, 7) is 3.47. The van der Waals surface area contributed by atoms with Crippen molar-refractivity contribution in [3.8, 4) is 0 Å². The minimum absolute atomic E-state index is 0.266. The third kappa shape index (κ3) is 3.44. The van der Waals surface area contributed by atoms with Gasteiger partial charge in [0.05, 0.1) is 10.8 Å². The topological polar surface area (TPSA) is 133 Å². The number of fused-ring (bicyclic) bond motifs is 1. The van der Waals surface area contributed by atoms with Crippen molar-refractivity contribution in [3.63, 3.8) is 0 Å². The fraction of sp³-hybridized carbons (Fsp3) is 0.444. The summed E-state index contributed by atoms with van der Waals surface area (Å²) in [5.74, 6) is -3.97. The molecule has 2 bridgehead atoms. The highest BCUT2D eigenvalue weighted by molar-refractivity contribution is 8.05. The number of rotatable bonds is 7. The fourth-order valence-electron chi connectivity index (χ4n) is 4.39. The molecule has 13 heteroatoms. The summed E-state index contributed by atoms with van der Waals surface area (Å²) in [5.41, 5.74) is 0.511. The maximum Gasteiger partial charge on any atom is 0.455 e. The predicted octanol–water partition coefficient (Wildman–Crippen LogP) is 1.02. The molecular weight excluding hydrogens is 460 g/mol. The molecule has 0 spiro atoms. The van der Waals surface area contributed by atoms with Gasteiger partial charge in [-0.05, 0) is 30.5 Å². The van der Waals surface area contributed by atoms with Gasteiger partial charge in [0.25, 0.3) is 10.0 Å².